The summed E-state index contributed by atoms with van der Waals surface area (Å²) >= 11 is 0. The zero-order chi connectivity index (χ0) is 9.30. The molecular formula is C6H12O6. The molecule has 1 aliphatic heterocycles. The molecule has 0 bridgehead atoms. The summed E-state index contributed by atoms with van der Waals surface area (Å²) in [7, 11) is 0. The summed E-state index contributed by atoms with van der Waals surface area (Å²) in [6, 6.07) is 0. The largest absolute Gasteiger partial charge is 0.394 e. The van der Waals surface area contributed by atoms with Gasteiger partial charge in [0.05, 0.1) is 6.61 Å². The second-order valence-electron chi connectivity index (χ2n) is 2.72. The monoisotopic (exact) mass is 186 g/mol. The van der Waals surface area contributed by atoms with Gasteiger partial charge in [0.15, 0.2) is 6.29 Å². The first kappa shape index (κ1) is 9.85. The fourth-order valence-electron chi connectivity index (χ4n) is 1.08. The van der Waals surface area contributed by atoms with Crippen molar-refractivity contribution in [2.45, 2.75) is 30.7 Å². The lowest BCUT2D eigenvalue weighted by Gasteiger charge is -2.37. The van der Waals surface area contributed by atoms with Crippen molar-refractivity contribution in [2.24, 2.45) is 0 Å². The van der Waals surface area contributed by atoms with E-state index in [4.69, 9.17) is 25.5 Å². The lowest BCUT2D eigenvalue weighted by Crippen LogP contribution is -2.58. The van der Waals surface area contributed by atoms with Gasteiger partial charge in [-0.3, -0.25) is 0 Å². The maximum absolute atomic E-state index is 9.12. The molecule has 0 aromatic carbocycles. The minimum Gasteiger partial charge on any atom is -0.394 e. The Kier molecular flexibility index (Phi) is 2.99. The molecule has 6 heteroatoms. The average molecular weight is 186 g/mol. The summed E-state index contributed by atoms with van der Waals surface area (Å²) in [6.45, 7) is -0.526. The molecule has 1 heterocycles. The fraction of sp³-hybridized carbons (Fsp3) is 1.00. The standard InChI is InChI=1S/C6H12O6/c7-1-2-3(8)4(9)5(10)6(11)12-2/h2-11H,1H2/t2?,3-,4-,5?,6+/m1/s1/i1+1,2+1,3+1,4+1,5+1,6+1. The van der Waals surface area contributed by atoms with E-state index in [1.165, 1.54) is 0 Å². The molecule has 0 saturated carbocycles. The van der Waals surface area contributed by atoms with Crippen LogP contribution in [0.2, 0.25) is 0 Å². The average Bonchev–Trinajstić information content (AvgIpc) is 2.08. The Bertz CT molecular complexity index is 146. The van der Waals surface area contributed by atoms with Crippen LogP contribution in [0.15, 0.2) is 0 Å². The summed E-state index contributed by atoms with van der Waals surface area (Å²) in [6.07, 6.45) is -7.04. The zero-order valence-electron chi connectivity index (χ0n) is 6.24. The normalized spacial score (nSPS) is 49.2. The van der Waals surface area contributed by atoms with Gasteiger partial charge in [-0.25, -0.2) is 0 Å². The minimum atomic E-state index is -1.57. The fourth-order valence-corrected chi connectivity index (χ4v) is 1.08. The summed E-state index contributed by atoms with van der Waals surface area (Å²) in [4.78, 5) is 0. The number of hydrogen-bond donors (Lipinski definition) is 5. The van der Waals surface area contributed by atoms with Crippen molar-refractivity contribution >= 4 is 0 Å². The van der Waals surface area contributed by atoms with E-state index in [0.29, 0.717) is 0 Å². The molecular weight excluding hydrogens is 174 g/mol. The Balaban J connectivity index is 2.63. The van der Waals surface area contributed by atoms with Gasteiger partial charge in [-0.2, -0.15) is 0 Å². The third-order valence-corrected chi connectivity index (χ3v) is 1.87. The molecule has 6 nitrogen and oxygen atoms in total. The Morgan fingerprint density at radius 2 is 1.50 bits per heavy atom. The van der Waals surface area contributed by atoms with Gasteiger partial charge in [0.25, 0.3) is 0 Å². The number of rotatable bonds is 1. The topological polar surface area (TPSA) is 110 Å². The van der Waals surface area contributed by atoms with Crippen LogP contribution in [-0.4, -0.2) is 62.8 Å². The van der Waals surface area contributed by atoms with Crippen molar-refractivity contribution in [3.63, 3.8) is 0 Å². The van der Waals surface area contributed by atoms with E-state index in [-0.39, 0.29) is 0 Å². The third-order valence-electron chi connectivity index (χ3n) is 1.87. The smallest absolute Gasteiger partial charge is 0.184 e. The number of ether oxygens (including phenoxy) is 1. The molecule has 0 radical (unpaired) electrons. The van der Waals surface area contributed by atoms with E-state index >= 15 is 0 Å². The minimum absolute atomic E-state index is 0.526. The quantitative estimate of drug-likeness (QED) is 0.275. The molecule has 1 aliphatic rings. The summed E-state index contributed by atoms with van der Waals surface area (Å²) in [5, 5.41) is 44.7. The Morgan fingerprint density at radius 1 is 0.917 bits per heavy atom. The molecule has 1 rings (SSSR count). The van der Waals surface area contributed by atoms with Crippen LogP contribution in [0.3, 0.4) is 0 Å². The summed E-state index contributed by atoms with van der Waals surface area (Å²) < 4.78 is 4.58. The Hall–Kier alpha value is -0.240. The van der Waals surface area contributed by atoms with Gasteiger partial charge in [-0.1, -0.05) is 0 Å². The highest BCUT2D eigenvalue weighted by Crippen LogP contribution is 2.18. The Morgan fingerprint density at radius 3 is 2.00 bits per heavy atom. The molecule has 1 fully saturated rings. The van der Waals surface area contributed by atoms with Crippen LogP contribution in [0.4, 0.5) is 0 Å². The van der Waals surface area contributed by atoms with Crippen molar-refractivity contribution in [1.82, 2.24) is 0 Å². The molecule has 0 aliphatic carbocycles. The Labute approximate surface area is 68.6 Å². The van der Waals surface area contributed by atoms with Crippen LogP contribution in [0.25, 0.3) is 0 Å². The van der Waals surface area contributed by atoms with Crippen LogP contribution in [-0.2, 0) is 4.74 Å². The SMILES string of the molecule is O[13CH2][13CH]1O[13C@H](O)[13CH](O)[13C@H](O)[13C@@H]1O. The van der Waals surface area contributed by atoms with Crippen molar-refractivity contribution < 1.29 is 30.3 Å². The molecule has 0 aromatic heterocycles. The first-order valence-electron chi connectivity index (χ1n) is 3.56. The number of hydrogen-bond acceptors (Lipinski definition) is 6. The molecule has 12 heavy (non-hydrogen) atoms. The van der Waals surface area contributed by atoms with Crippen LogP contribution in [0.5, 0.6) is 0 Å². The van der Waals surface area contributed by atoms with Crippen molar-refractivity contribution in [1.29, 1.82) is 0 Å². The summed E-state index contributed by atoms with van der Waals surface area (Å²) in [5.74, 6) is 0. The van der Waals surface area contributed by atoms with Gasteiger partial charge in [0, 0.05) is 0 Å². The predicted molar refractivity (Wildman–Crippen MR) is 36.0 cm³/mol. The predicted octanol–water partition coefficient (Wildman–Crippen LogP) is -3.22. The molecule has 72 valence electrons. The number of aliphatic hydroxyl groups excluding tert-OH is 5. The van der Waals surface area contributed by atoms with E-state index in [9.17, 15) is 0 Å². The molecule has 0 spiro atoms. The van der Waals surface area contributed by atoms with Gasteiger partial charge in [0.2, 0.25) is 0 Å². The van der Waals surface area contributed by atoms with Crippen LogP contribution in [0.1, 0.15) is 0 Å². The first-order chi connectivity index (χ1) is 5.57. The molecule has 5 N–H and O–H groups in total. The molecule has 0 aromatic rings. The first-order valence-corrected chi connectivity index (χ1v) is 3.56. The van der Waals surface area contributed by atoms with Crippen molar-refractivity contribution in [3.05, 3.63) is 0 Å². The lowest BCUT2D eigenvalue weighted by atomic mass is 10.9. The number of aliphatic hydroxyl groups is 5. The highest BCUT2D eigenvalue weighted by atomic mass is 16.8. The van der Waals surface area contributed by atoms with E-state index in [0.717, 1.165) is 0 Å². The maximum atomic E-state index is 9.12. The van der Waals surface area contributed by atoms with E-state index < -0.39 is 37.3 Å². The maximum Gasteiger partial charge on any atom is 0.184 e. The van der Waals surface area contributed by atoms with Crippen LogP contribution in [0, 0.1) is 0 Å². The van der Waals surface area contributed by atoms with Crippen molar-refractivity contribution in [3.8, 4) is 0 Å². The molecule has 1 saturated heterocycles. The van der Waals surface area contributed by atoms with Gasteiger partial charge in [-0.15, -0.1) is 0 Å². The van der Waals surface area contributed by atoms with Gasteiger partial charge < -0.3 is 30.3 Å². The third kappa shape index (κ3) is 1.58. The molecule has 5 atom stereocenters. The highest BCUT2D eigenvalue weighted by molar-refractivity contribution is 4.87. The highest BCUT2D eigenvalue weighted by Gasteiger charge is 2.42. The molecule has 0 amide bonds. The van der Waals surface area contributed by atoms with Crippen LogP contribution < -0.4 is 0 Å². The second kappa shape index (κ2) is 3.65. The molecule has 2 unspecified atom stereocenters. The van der Waals surface area contributed by atoms with Crippen LogP contribution >= 0.6 is 0 Å². The zero-order valence-corrected chi connectivity index (χ0v) is 6.24. The summed E-state index contributed by atoms with van der Waals surface area (Å²) in [5.41, 5.74) is 0. The van der Waals surface area contributed by atoms with Gasteiger partial charge >= 0.3 is 0 Å². The van der Waals surface area contributed by atoms with Crippen molar-refractivity contribution in [2.75, 3.05) is 6.61 Å². The van der Waals surface area contributed by atoms with Gasteiger partial charge in [0.1, 0.15) is 24.4 Å². The van der Waals surface area contributed by atoms with Gasteiger partial charge in [-0.05, 0) is 0 Å². The van der Waals surface area contributed by atoms with E-state index in [2.05, 4.69) is 4.74 Å². The van der Waals surface area contributed by atoms with E-state index in [1.54, 1.807) is 0 Å². The van der Waals surface area contributed by atoms with E-state index in [1.807, 2.05) is 0 Å². The second-order valence-corrected chi connectivity index (χ2v) is 2.72. The lowest BCUT2D eigenvalue weighted by molar-refractivity contribution is -0.286.